The van der Waals surface area contributed by atoms with Crippen LogP contribution in [-0.2, 0) is 0 Å². The summed E-state index contributed by atoms with van der Waals surface area (Å²) in [5.41, 5.74) is 2.55. The second kappa shape index (κ2) is 6.85. The summed E-state index contributed by atoms with van der Waals surface area (Å²) in [7, 11) is 0. The monoisotopic (exact) mass is 368 g/mol. The first-order valence-corrected chi connectivity index (χ1v) is 9.62. The summed E-state index contributed by atoms with van der Waals surface area (Å²) in [6.45, 7) is 5.81. The van der Waals surface area contributed by atoms with Crippen LogP contribution in [0.25, 0.3) is 11.3 Å². The number of thioether (sulfide) groups is 1. The van der Waals surface area contributed by atoms with Crippen molar-refractivity contribution in [2.45, 2.75) is 18.3 Å². The molecule has 0 saturated carbocycles. The van der Waals surface area contributed by atoms with Gasteiger partial charge in [0.15, 0.2) is 5.69 Å². The van der Waals surface area contributed by atoms with Crippen LogP contribution in [0.1, 0.15) is 16.0 Å². The van der Waals surface area contributed by atoms with Crippen molar-refractivity contribution < 1.29 is 4.74 Å². The van der Waals surface area contributed by atoms with E-state index < -0.39 is 0 Å². The van der Waals surface area contributed by atoms with Crippen molar-refractivity contribution in [3.8, 4) is 17.1 Å². The van der Waals surface area contributed by atoms with E-state index in [1.54, 1.807) is 11.3 Å². The zero-order chi connectivity index (χ0) is 17.2. The van der Waals surface area contributed by atoms with Gasteiger partial charge in [-0.1, -0.05) is 36.0 Å². The summed E-state index contributed by atoms with van der Waals surface area (Å²) in [6, 6.07) is 12.1. The van der Waals surface area contributed by atoms with Crippen LogP contribution in [0.4, 0.5) is 5.69 Å². The molecule has 1 aromatic carbocycles. The van der Waals surface area contributed by atoms with E-state index in [9.17, 15) is 0 Å². The minimum Gasteiger partial charge on any atom is -0.447 e. The predicted octanol–water partition coefficient (Wildman–Crippen LogP) is 4.69. The molecule has 126 valence electrons. The molecule has 3 aromatic rings. The first-order chi connectivity index (χ1) is 12.2. The van der Waals surface area contributed by atoms with E-state index >= 15 is 0 Å². The first-order valence-electron chi connectivity index (χ1n) is 7.82. The van der Waals surface area contributed by atoms with E-state index in [1.165, 1.54) is 16.6 Å². The summed E-state index contributed by atoms with van der Waals surface area (Å²) < 4.78 is 6.21. The molecular weight excluding hydrogens is 352 g/mol. The van der Waals surface area contributed by atoms with Gasteiger partial charge in [-0.2, -0.15) is 4.98 Å². The maximum atomic E-state index is 6.21. The van der Waals surface area contributed by atoms with Crippen LogP contribution in [-0.4, -0.2) is 20.9 Å². The van der Waals surface area contributed by atoms with Crippen molar-refractivity contribution in [2.75, 3.05) is 11.1 Å². The Morgan fingerprint density at radius 3 is 2.96 bits per heavy atom. The lowest BCUT2D eigenvalue weighted by molar-refractivity contribution is 0.229. The second-order valence-electron chi connectivity index (χ2n) is 5.48. The molecule has 0 saturated heterocycles. The largest absolute Gasteiger partial charge is 0.447 e. The predicted molar refractivity (Wildman–Crippen MR) is 102 cm³/mol. The Kier molecular flexibility index (Phi) is 4.42. The van der Waals surface area contributed by atoms with E-state index in [4.69, 9.17) is 4.74 Å². The third-order valence-corrected chi connectivity index (χ3v) is 5.56. The van der Waals surface area contributed by atoms with E-state index in [0.717, 1.165) is 21.9 Å². The number of aryl methyl sites for hydroxylation is 1. The third kappa shape index (κ3) is 3.25. The molecule has 7 heteroatoms. The zero-order valence-corrected chi connectivity index (χ0v) is 15.2. The molecule has 0 unspecified atom stereocenters. The van der Waals surface area contributed by atoms with Gasteiger partial charge < -0.3 is 10.1 Å². The molecule has 0 bridgehead atoms. The number of para-hydroxylation sites is 1. The Labute approximate surface area is 154 Å². The van der Waals surface area contributed by atoms with Crippen LogP contribution in [0, 0.1) is 6.92 Å². The summed E-state index contributed by atoms with van der Waals surface area (Å²) in [6.07, 6.45) is 1.50. The maximum absolute atomic E-state index is 6.21. The molecule has 3 heterocycles. The fourth-order valence-corrected chi connectivity index (χ4v) is 3.94. The van der Waals surface area contributed by atoms with Crippen LogP contribution in [0.15, 0.2) is 54.2 Å². The second-order valence-corrected chi connectivity index (χ2v) is 7.79. The van der Waals surface area contributed by atoms with Crippen molar-refractivity contribution in [3.05, 3.63) is 58.8 Å². The molecule has 0 spiro atoms. The molecule has 1 N–H and O–H groups in total. The van der Waals surface area contributed by atoms with Gasteiger partial charge in [-0.3, -0.25) is 0 Å². The van der Waals surface area contributed by atoms with E-state index in [-0.39, 0.29) is 6.23 Å². The number of aromatic nitrogens is 3. The normalized spacial score (nSPS) is 15.3. The molecule has 1 atom stereocenters. The highest BCUT2D eigenvalue weighted by Crippen LogP contribution is 2.40. The highest BCUT2D eigenvalue weighted by Gasteiger charge is 2.26. The Morgan fingerprint density at radius 2 is 2.16 bits per heavy atom. The topological polar surface area (TPSA) is 59.9 Å². The third-order valence-electron chi connectivity index (χ3n) is 3.68. The van der Waals surface area contributed by atoms with Crippen molar-refractivity contribution in [1.29, 1.82) is 0 Å². The molecule has 0 radical (unpaired) electrons. The van der Waals surface area contributed by atoms with Crippen molar-refractivity contribution in [3.63, 3.8) is 0 Å². The number of benzene rings is 1. The molecule has 4 rings (SSSR count). The maximum Gasteiger partial charge on any atom is 0.247 e. The SMILES string of the molecule is C=CCSc1nnc2c(n1)O[C@@H](c1ccc(C)s1)Nc1ccccc1-2. The lowest BCUT2D eigenvalue weighted by Gasteiger charge is -2.17. The number of nitrogens with one attached hydrogen (secondary N) is 1. The van der Waals surface area contributed by atoms with Crippen LogP contribution < -0.4 is 10.1 Å². The van der Waals surface area contributed by atoms with E-state index in [2.05, 4.69) is 46.1 Å². The Morgan fingerprint density at radius 1 is 1.28 bits per heavy atom. The highest BCUT2D eigenvalue weighted by atomic mass is 32.2. The average molecular weight is 368 g/mol. The molecule has 1 aliphatic heterocycles. The highest BCUT2D eigenvalue weighted by molar-refractivity contribution is 7.99. The lowest BCUT2D eigenvalue weighted by atomic mass is 10.1. The lowest BCUT2D eigenvalue weighted by Crippen LogP contribution is -2.15. The van der Waals surface area contributed by atoms with Crippen molar-refractivity contribution >= 4 is 28.8 Å². The molecule has 0 aliphatic carbocycles. The average Bonchev–Trinajstić information content (AvgIpc) is 2.99. The van der Waals surface area contributed by atoms with Crippen molar-refractivity contribution in [2.24, 2.45) is 0 Å². The summed E-state index contributed by atoms with van der Waals surface area (Å²) >= 11 is 3.18. The molecule has 5 nitrogen and oxygen atoms in total. The molecular formula is C18H16N4OS2. The Hall–Kier alpha value is -2.38. The van der Waals surface area contributed by atoms with Gasteiger partial charge in [-0.25, -0.2) is 0 Å². The van der Waals surface area contributed by atoms with Gasteiger partial charge in [-0.05, 0) is 25.1 Å². The minimum absolute atomic E-state index is 0.310. The molecule has 2 aromatic heterocycles. The van der Waals surface area contributed by atoms with E-state index in [1.807, 2.05) is 30.3 Å². The quantitative estimate of drug-likeness (QED) is 0.532. The molecule has 1 aliphatic rings. The number of rotatable bonds is 4. The van der Waals surface area contributed by atoms with Gasteiger partial charge in [0.25, 0.3) is 0 Å². The van der Waals surface area contributed by atoms with Crippen LogP contribution >= 0.6 is 23.1 Å². The summed E-state index contributed by atoms with van der Waals surface area (Å²) in [5, 5.41) is 12.6. The van der Waals surface area contributed by atoms with Gasteiger partial charge in [0.2, 0.25) is 17.3 Å². The molecule has 25 heavy (non-hydrogen) atoms. The zero-order valence-electron chi connectivity index (χ0n) is 13.6. The number of nitrogens with zero attached hydrogens (tertiary/aromatic N) is 3. The number of anilines is 1. The number of ether oxygens (including phenoxy) is 1. The van der Waals surface area contributed by atoms with Crippen molar-refractivity contribution in [1.82, 2.24) is 15.2 Å². The number of fused-ring (bicyclic) bond motifs is 3. The Balaban J connectivity index is 1.80. The molecule has 0 amide bonds. The Bertz CT molecular complexity index is 925. The summed E-state index contributed by atoms with van der Waals surface area (Å²) in [5.74, 6) is 1.22. The fourth-order valence-electron chi connectivity index (χ4n) is 2.56. The number of hydrogen-bond acceptors (Lipinski definition) is 7. The van der Waals surface area contributed by atoms with Gasteiger partial charge in [0, 0.05) is 21.9 Å². The van der Waals surface area contributed by atoms with Crippen LogP contribution in [0.2, 0.25) is 0 Å². The fraction of sp³-hybridized carbons (Fsp3) is 0.167. The molecule has 0 fully saturated rings. The van der Waals surface area contributed by atoms with E-state index in [0.29, 0.717) is 16.7 Å². The number of thiophene rings is 1. The van der Waals surface area contributed by atoms with Crippen LogP contribution in [0.3, 0.4) is 0 Å². The van der Waals surface area contributed by atoms with Gasteiger partial charge in [0.1, 0.15) is 0 Å². The summed E-state index contributed by atoms with van der Waals surface area (Å²) in [4.78, 5) is 6.91. The van der Waals surface area contributed by atoms with Gasteiger partial charge >= 0.3 is 0 Å². The van der Waals surface area contributed by atoms with Crippen LogP contribution in [0.5, 0.6) is 5.88 Å². The smallest absolute Gasteiger partial charge is 0.247 e. The number of hydrogen-bond donors (Lipinski definition) is 1. The van der Waals surface area contributed by atoms with Gasteiger partial charge in [0.05, 0.1) is 4.88 Å². The minimum atomic E-state index is -0.310. The van der Waals surface area contributed by atoms with Gasteiger partial charge in [-0.15, -0.1) is 28.1 Å². The first kappa shape index (κ1) is 16.1. The standard InChI is InChI=1S/C18H16N4OS2/c1-3-10-24-18-20-17-15(21-22-18)12-6-4-5-7-13(12)19-16(23-17)14-9-8-11(2)25-14/h3-9,16,19H,1,10H2,2H3/t16-/m0/s1.